The summed E-state index contributed by atoms with van der Waals surface area (Å²) in [6.07, 6.45) is 0. The predicted molar refractivity (Wildman–Crippen MR) is 38.7 cm³/mol. The van der Waals surface area contributed by atoms with Crippen LogP contribution in [0.15, 0.2) is 12.1 Å². The minimum absolute atomic E-state index is 0.0478. The highest BCUT2D eigenvalue weighted by molar-refractivity contribution is 5.42. The number of anilines is 1. The zero-order chi connectivity index (χ0) is 8.43. The third-order valence-corrected chi connectivity index (χ3v) is 1.35. The second kappa shape index (κ2) is 2.84. The number of halogens is 2. The van der Waals surface area contributed by atoms with Gasteiger partial charge >= 0.3 is 0 Å². The normalized spacial score (nSPS) is 10.1. The Labute approximate surface area is 62.8 Å². The Kier molecular flexibility index (Phi) is 2.05. The van der Waals surface area contributed by atoms with Gasteiger partial charge in [-0.2, -0.15) is 0 Å². The zero-order valence-electron chi connectivity index (χ0n) is 5.77. The first-order valence-corrected chi connectivity index (χ1v) is 3.08. The van der Waals surface area contributed by atoms with E-state index < -0.39 is 11.6 Å². The van der Waals surface area contributed by atoms with Crippen LogP contribution in [-0.2, 0) is 6.54 Å². The Balaban J connectivity index is 3.24. The molecule has 0 radical (unpaired) electrons. The lowest BCUT2D eigenvalue weighted by Gasteiger charge is -2.01. The van der Waals surface area contributed by atoms with Crippen molar-refractivity contribution >= 4 is 5.69 Å². The van der Waals surface area contributed by atoms with Crippen LogP contribution in [-0.4, -0.2) is 0 Å². The van der Waals surface area contributed by atoms with Crippen LogP contribution in [0, 0.1) is 11.6 Å². The van der Waals surface area contributed by atoms with Crippen molar-refractivity contribution in [3.05, 3.63) is 29.3 Å². The Hall–Kier alpha value is -1.16. The summed E-state index contributed by atoms with van der Waals surface area (Å²) in [5.74, 6) is -1.87. The molecule has 2 nitrogen and oxygen atoms in total. The van der Waals surface area contributed by atoms with Gasteiger partial charge in [0, 0.05) is 17.8 Å². The van der Waals surface area contributed by atoms with Gasteiger partial charge in [-0.05, 0) is 12.1 Å². The van der Waals surface area contributed by atoms with Gasteiger partial charge in [0.25, 0.3) is 0 Å². The van der Waals surface area contributed by atoms with Gasteiger partial charge in [-0.1, -0.05) is 0 Å². The molecule has 0 bridgehead atoms. The summed E-state index contributed by atoms with van der Waals surface area (Å²) >= 11 is 0. The van der Waals surface area contributed by atoms with Gasteiger partial charge in [0.05, 0.1) is 0 Å². The second-order valence-corrected chi connectivity index (χ2v) is 2.18. The van der Waals surface area contributed by atoms with E-state index >= 15 is 0 Å². The molecular formula is C7H8F2N2. The van der Waals surface area contributed by atoms with Crippen molar-refractivity contribution in [1.29, 1.82) is 0 Å². The molecule has 0 aliphatic heterocycles. The fourth-order valence-electron chi connectivity index (χ4n) is 0.818. The molecule has 0 aromatic heterocycles. The standard InChI is InChI=1S/C7H8F2N2/c8-6-2-5(11)1-4(3-10)7(6)9/h1-2H,3,10-11H2. The van der Waals surface area contributed by atoms with Crippen LogP contribution in [0.5, 0.6) is 0 Å². The number of hydrogen-bond donors (Lipinski definition) is 2. The fourth-order valence-corrected chi connectivity index (χ4v) is 0.818. The van der Waals surface area contributed by atoms with E-state index in [0.29, 0.717) is 0 Å². The van der Waals surface area contributed by atoms with Crippen molar-refractivity contribution in [1.82, 2.24) is 0 Å². The highest BCUT2D eigenvalue weighted by Crippen LogP contribution is 2.15. The summed E-state index contributed by atoms with van der Waals surface area (Å²) in [4.78, 5) is 0. The van der Waals surface area contributed by atoms with Gasteiger partial charge in [0.15, 0.2) is 11.6 Å². The summed E-state index contributed by atoms with van der Waals surface area (Å²) < 4.78 is 25.2. The largest absolute Gasteiger partial charge is 0.399 e. The topological polar surface area (TPSA) is 52.0 Å². The van der Waals surface area contributed by atoms with Crippen molar-refractivity contribution < 1.29 is 8.78 Å². The molecule has 1 aromatic rings. The quantitative estimate of drug-likeness (QED) is 0.599. The van der Waals surface area contributed by atoms with Gasteiger partial charge in [-0.15, -0.1) is 0 Å². The number of nitrogen functional groups attached to an aromatic ring is 1. The predicted octanol–water partition coefficient (Wildman–Crippen LogP) is 1.01. The van der Waals surface area contributed by atoms with Crippen LogP contribution in [0.3, 0.4) is 0 Å². The first kappa shape index (κ1) is 7.94. The van der Waals surface area contributed by atoms with Crippen LogP contribution < -0.4 is 11.5 Å². The summed E-state index contributed by atoms with van der Waals surface area (Å²) in [6.45, 7) is -0.0478. The summed E-state index contributed by atoms with van der Waals surface area (Å²) in [5, 5.41) is 0. The lowest BCUT2D eigenvalue weighted by atomic mass is 10.2. The number of nitrogens with two attached hydrogens (primary N) is 2. The Morgan fingerprint density at radius 1 is 1.27 bits per heavy atom. The van der Waals surface area contributed by atoms with E-state index in [1.807, 2.05) is 0 Å². The zero-order valence-corrected chi connectivity index (χ0v) is 5.77. The average Bonchev–Trinajstić information content (AvgIpc) is 1.96. The molecule has 1 rings (SSSR count). The fraction of sp³-hybridized carbons (Fsp3) is 0.143. The minimum atomic E-state index is -0.953. The van der Waals surface area contributed by atoms with E-state index in [1.165, 1.54) is 6.07 Å². The molecule has 0 atom stereocenters. The molecule has 0 aliphatic rings. The van der Waals surface area contributed by atoms with Gasteiger partial charge < -0.3 is 11.5 Å². The lowest BCUT2D eigenvalue weighted by Crippen LogP contribution is -2.03. The monoisotopic (exact) mass is 158 g/mol. The summed E-state index contributed by atoms with van der Waals surface area (Å²) in [5.41, 5.74) is 10.7. The number of benzene rings is 1. The molecule has 0 unspecified atom stereocenters. The van der Waals surface area contributed by atoms with E-state index in [2.05, 4.69) is 0 Å². The third-order valence-electron chi connectivity index (χ3n) is 1.35. The highest BCUT2D eigenvalue weighted by atomic mass is 19.2. The van der Waals surface area contributed by atoms with Crippen LogP contribution >= 0.6 is 0 Å². The Morgan fingerprint density at radius 2 is 1.91 bits per heavy atom. The van der Waals surface area contributed by atoms with Gasteiger partial charge in [0.1, 0.15) is 0 Å². The number of hydrogen-bond acceptors (Lipinski definition) is 2. The van der Waals surface area contributed by atoms with E-state index in [-0.39, 0.29) is 17.8 Å². The van der Waals surface area contributed by atoms with Gasteiger partial charge in [-0.25, -0.2) is 8.78 Å². The maximum atomic E-state index is 12.7. The van der Waals surface area contributed by atoms with Crippen molar-refractivity contribution in [2.75, 3.05) is 5.73 Å². The molecule has 0 amide bonds. The van der Waals surface area contributed by atoms with Crippen LogP contribution in [0.2, 0.25) is 0 Å². The molecule has 0 saturated heterocycles. The summed E-state index contributed by atoms with van der Waals surface area (Å²) in [7, 11) is 0. The van der Waals surface area contributed by atoms with Crippen molar-refractivity contribution in [3.8, 4) is 0 Å². The van der Waals surface area contributed by atoms with Crippen LogP contribution in [0.4, 0.5) is 14.5 Å². The molecule has 1 aromatic carbocycles. The molecule has 0 heterocycles. The third kappa shape index (κ3) is 1.46. The molecular weight excluding hydrogens is 150 g/mol. The minimum Gasteiger partial charge on any atom is -0.399 e. The van der Waals surface area contributed by atoms with Crippen molar-refractivity contribution in [3.63, 3.8) is 0 Å². The molecule has 0 aliphatic carbocycles. The molecule has 0 fully saturated rings. The Morgan fingerprint density at radius 3 is 2.45 bits per heavy atom. The lowest BCUT2D eigenvalue weighted by molar-refractivity contribution is 0.500. The molecule has 0 spiro atoms. The van der Waals surface area contributed by atoms with Crippen molar-refractivity contribution in [2.45, 2.75) is 6.54 Å². The van der Waals surface area contributed by atoms with Gasteiger partial charge in [-0.3, -0.25) is 0 Å². The van der Waals surface area contributed by atoms with E-state index in [1.54, 1.807) is 0 Å². The maximum absolute atomic E-state index is 12.7. The SMILES string of the molecule is NCc1cc(N)cc(F)c1F. The van der Waals surface area contributed by atoms with Crippen LogP contribution in [0.1, 0.15) is 5.56 Å². The molecule has 4 N–H and O–H groups in total. The molecule has 60 valence electrons. The first-order valence-electron chi connectivity index (χ1n) is 3.08. The first-order chi connectivity index (χ1) is 5.15. The second-order valence-electron chi connectivity index (χ2n) is 2.18. The highest BCUT2D eigenvalue weighted by Gasteiger charge is 2.07. The molecule has 11 heavy (non-hydrogen) atoms. The molecule has 0 saturated carbocycles. The van der Waals surface area contributed by atoms with E-state index in [0.717, 1.165) is 6.07 Å². The van der Waals surface area contributed by atoms with E-state index in [4.69, 9.17) is 11.5 Å². The van der Waals surface area contributed by atoms with Crippen molar-refractivity contribution in [2.24, 2.45) is 5.73 Å². The van der Waals surface area contributed by atoms with E-state index in [9.17, 15) is 8.78 Å². The number of rotatable bonds is 1. The average molecular weight is 158 g/mol. The van der Waals surface area contributed by atoms with Crippen LogP contribution in [0.25, 0.3) is 0 Å². The Bertz CT molecular complexity index is 273. The molecule has 4 heteroatoms. The smallest absolute Gasteiger partial charge is 0.163 e. The maximum Gasteiger partial charge on any atom is 0.163 e. The summed E-state index contributed by atoms with van der Waals surface area (Å²) in [6, 6.07) is 2.24. The van der Waals surface area contributed by atoms with Gasteiger partial charge in [0.2, 0.25) is 0 Å².